The lowest BCUT2D eigenvalue weighted by Gasteiger charge is -2.18. The summed E-state index contributed by atoms with van der Waals surface area (Å²) in [7, 11) is 1.69. The van der Waals surface area contributed by atoms with Gasteiger partial charge in [-0.15, -0.1) is 0 Å². The molecule has 1 heterocycles. The lowest BCUT2D eigenvalue weighted by Crippen LogP contribution is -2.27. The molecule has 0 saturated carbocycles. The third-order valence-corrected chi connectivity index (χ3v) is 4.32. The van der Waals surface area contributed by atoms with Crippen LogP contribution in [0.1, 0.15) is 68.3 Å². The van der Waals surface area contributed by atoms with Crippen LogP contribution in [0.3, 0.4) is 0 Å². The number of rotatable bonds is 7. The maximum atomic E-state index is 12.9. The summed E-state index contributed by atoms with van der Waals surface area (Å²) in [4.78, 5) is 40.4. The number of ketones is 1. The van der Waals surface area contributed by atoms with Gasteiger partial charge in [-0.25, -0.2) is 4.79 Å². The molecular weight excluding hydrogens is 332 g/mol. The fraction of sp³-hybridized carbons (Fsp3) is 0.350. The maximum Gasteiger partial charge on any atom is 0.335 e. The number of H-pyrrole nitrogens is 1. The molecule has 26 heavy (non-hydrogen) atoms. The molecule has 0 aliphatic heterocycles. The van der Waals surface area contributed by atoms with Crippen LogP contribution >= 0.6 is 0 Å². The second-order valence-electron chi connectivity index (χ2n) is 6.45. The molecule has 6 nitrogen and oxygen atoms in total. The van der Waals surface area contributed by atoms with Crippen molar-refractivity contribution < 1.29 is 19.5 Å². The molecule has 1 aromatic heterocycles. The summed E-state index contributed by atoms with van der Waals surface area (Å²) >= 11 is 0. The van der Waals surface area contributed by atoms with Crippen LogP contribution in [-0.4, -0.2) is 39.7 Å². The number of Topliss-reactive ketones (excluding diaryl/α,β-unsaturated/α-hetero) is 1. The Labute approximate surface area is 152 Å². The molecule has 0 unspecified atom stereocenters. The topological polar surface area (TPSA) is 90.5 Å². The number of aryl methyl sites for hydroxylation is 1. The van der Waals surface area contributed by atoms with Crippen molar-refractivity contribution in [2.24, 2.45) is 0 Å². The number of aromatic carboxylic acids is 1. The van der Waals surface area contributed by atoms with Crippen LogP contribution in [0.25, 0.3) is 0 Å². The molecule has 6 heteroatoms. The van der Waals surface area contributed by atoms with Crippen molar-refractivity contribution in [1.82, 2.24) is 9.88 Å². The van der Waals surface area contributed by atoms with Gasteiger partial charge in [0.05, 0.1) is 5.56 Å². The summed E-state index contributed by atoms with van der Waals surface area (Å²) in [6.45, 7) is 5.67. The van der Waals surface area contributed by atoms with Crippen molar-refractivity contribution in [1.29, 1.82) is 0 Å². The van der Waals surface area contributed by atoms with Crippen molar-refractivity contribution in [3.8, 4) is 0 Å². The van der Waals surface area contributed by atoms with Gasteiger partial charge in [0.15, 0.2) is 5.78 Å². The SMILES string of the molecule is CCCc1c(C(=O)N(C)Cc2ccc(C(=O)O)cc2)[nH]c(C)c1C(C)=O. The van der Waals surface area contributed by atoms with Crippen LogP contribution in [0, 0.1) is 6.92 Å². The number of benzene rings is 1. The summed E-state index contributed by atoms with van der Waals surface area (Å²) < 4.78 is 0. The van der Waals surface area contributed by atoms with Gasteiger partial charge in [0.25, 0.3) is 5.91 Å². The molecule has 138 valence electrons. The van der Waals surface area contributed by atoms with E-state index in [9.17, 15) is 14.4 Å². The van der Waals surface area contributed by atoms with Gasteiger partial charge in [0.1, 0.15) is 5.69 Å². The normalized spacial score (nSPS) is 10.6. The zero-order valence-electron chi connectivity index (χ0n) is 15.5. The Bertz CT molecular complexity index is 834. The van der Waals surface area contributed by atoms with Gasteiger partial charge in [-0.3, -0.25) is 9.59 Å². The first-order chi connectivity index (χ1) is 12.3. The first-order valence-electron chi connectivity index (χ1n) is 8.56. The number of hydrogen-bond donors (Lipinski definition) is 2. The summed E-state index contributed by atoms with van der Waals surface area (Å²) in [5.41, 5.74) is 3.59. The van der Waals surface area contributed by atoms with E-state index < -0.39 is 5.97 Å². The van der Waals surface area contributed by atoms with Gasteiger partial charge in [-0.2, -0.15) is 0 Å². The monoisotopic (exact) mass is 356 g/mol. The molecule has 0 fully saturated rings. The van der Waals surface area contributed by atoms with Crippen LogP contribution in [0.5, 0.6) is 0 Å². The van der Waals surface area contributed by atoms with Crippen molar-refractivity contribution in [2.45, 2.75) is 40.2 Å². The highest BCUT2D eigenvalue weighted by atomic mass is 16.4. The summed E-state index contributed by atoms with van der Waals surface area (Å²) in [6, 6.07) is 6.43. The number of carboxylic acid groups (broad SMARTS) is 1. The zero-order valence-corrected chi connectivity index (χ0v) is 15.5. The fourth-order valence-corrected chi connectivity index (χ4v) is 3.13. The van der Waals surface area contributed by atoms with Gasteiger partial charge >= 0.3 is 5.97 Å². The third kappa shape index (κ3) is 4.02. The standard InChI is InChI=1S/C20H24N2O4/c1-5-6-16-17(13(3)23)12(2)21-18(16)19(24)22(4)11-14-7-9-15(10-8-14)20(25)26/h7-10,21H,5-6,11H2,1-4H3,(H,25,26). The number of carbonyl (C=O) groups is 3. The molecule has 1 aromatic carbocycles. The number of nitrogens with one attached hydrogen (secondary N) is 1. The molecule has 1 amide bonds. The first kappa shape index (κ1) is 19.4. The smallest absolute Gasteiger partial charge is 0.335 e. The lowest BCUT2D eigenvalue weighted by molar-refractivity contribution is 0.0695. The van der Waals surface area contributed by atoms with Crippen LogP contribution in [0.2, 0.25) is 0 Å². The van der Waals surface area contributed by atoms with Gasteiger partial charge in [0, 0.05) is 24.8 Å². The number of amides is 1. The number of hydrogen-bond acceptors (Lipinski definition) is 3. The second-order valence-corrected chi connectivity index (χ2v) is 6.45. The Kier molecular flexibility index (Phi) is 5.97. The van der Waals surface area contributed by atoms with Gasteiger partial charge in [-0.1, -0.05) is 25.5 Å². The van der Waals surface area contributed by atoms with Gasteiger partial charge < -0.3 is 15.0 Å². The number of nitrogens with zero attached hydrogens (tertiary/aromatic N) is 1. The first-order valence-corrected chi connectivity index (χ1v) is 8.56. The zero-order chi connectivity index (χ0) is 19.4. The van der Waals surface area contributed by atoms with Crippen molar-refractivity contribution in [2.75, 3.05) is 7.05 Å². The van der Waals surface area contributed by atoms with Gasteiger partial charge in [0.2, 0.25) is 0 Å². The van der Waals surface area contributed by atoms with Crippen molar-refractivity contribution >= 4 is 17.7 Å². The van der Waals surface area contributed by atoms with E-state index in [0.29, 0.717) is 29.9 Å². The molecule has 2 rings (SSSR count). The largest absolute Gasteiger partial charge is 0.478 e. The van der Waals surface area contributed by atoms with E-state index in [1.807, 2.05) is 6.92 Å². The minimum atomic E-state index is -0.983. The minimum absolute atomic E-state index is 0.0480. The summed E-state index contributed by atoms with van der Waals surface area (Å²) in [6.07, 6.45) is 1.49. The Morgan fingerprint density at radius 3 is 2.27 bits per heavy atom. The average molecular weight is 356 g/mol. The van der Waals surface area contributed by atoms with Gasteiger partial charge in [-0.05, 0) is 43.5 Å². The van der Waals surface area contributed by atoms with E-state index in [1.54, 1.807) is 31.0 Å². The Morgan fingerprint density at radius 2 is 1.77 bits per heavy atom. The molecule has 0 aliphatic carbocycles. The van der Waals surface area contributed by atoms with Crippen molar-refractivity contribution in [3.63, 3.8) is 0 Å². The second kappa shape index (κ2) is 7.99. The van der Waals surface area contributed by atoms with Crippen LogP contribution < -0.4 is 0 Å². The molecule has 0 radical (unpaired) electrons. The highest BCUT2D eigenvalue weighted by Crippen LogP contribution is 2.23. The van der Waals surface area contributed by atoms with E-state index in [-0.39, 0.29) is 17.3 Å². The predicted octanol–water partition coefficient (Wildman–Crippen LogP) is 3.45. The fourth-order valence-electron chi connectivity index (χ4n) is 3.13. The molecule has 2 N–H and O–H groups in total. The summed E-state index contributed by atoms with van der Waals surface area (Å²) in [5, 5.41) is 8.95. The number of aromatic nitrogens is 1. The maximum absolute atomic E-state index is 12.9. The molecular formula is C20H24N2O4. The quantitative estimate of drug-likeness (QED) is 0.744. The molecule has 0 saturated heterocycles. The Hall–Kier alpha value is -2.89. The van der Waals surface area contributed by atoms with E-state index in [1.165, 1.54) is 19.1 Å². The molecule has 0 bridgehead atoms. The number of carboxylic acids is 1. The predicted molar refractivity (Wildman–Crippen MR) is 98.7 cm³/mol. The number of carbonyl (C=O) groups excluding carboxylic acids is 2. The molecule has 2 aromatic rings. The Morgan fingerprint density at radius 1 is 1.15 bits per heavy atom. The lowest BCUT2D eigenvalue weighted by atomic mass is 10.0. The van der Waals surface area contributed by atoms with Crippen LogP contribution in [0.15, 0.2) is 24.3 Å². The Balaban J connectivity index is 2.26. The molecule has 0 aliphatic rings. The van der Waals surface area contributed by atoms with Crippen LogP contribution in [-0.2, 0) is 13.0 Å². The average Bonchev–Trinajstić information content (AvgIpc) is 2.91. The van der Waals surface area contributed by atoms with E-state index in [4.69, 9.17) is 5.11 Å². The van der Waals surface area contributed by atoms with Crippen LogP contribution in [0.4, 0.5) is 0 Å². The highest BCUT2D eigenvalue weighted by Gasteiger charge is 2.24. The highest BCUT2D eigenvalue weighted by molar-refractivity contribution is 6.02. The van der Waals surface area contributed by atoms with E-state index in [0.717, 1.165) is 17.5 Å². The molecule has 0 spiro atoms. The van der Waals surface area contributed by atoms with Crippen molar-refractivity contribution in [3.05, 3.63) is 57.9 Å². The summed E-state index contributed by atoms with van der Waals surface area (Å²) in [5.74, 6) is -1.22. The number of aromatic amines is 1. The van der Waals surface area contributed by atoms with E-state index in [2.05, 4.69) is 4.98 Å². The molecule has 0 atom stereocenters. The van der Waals surface area contributed by atoms with E-state index >= 15 is 0 Å². The third-order valence-electron chi connectivity index (χ3n) is 4.32. The minimum Gasteiger partial charge on any atom is -0.478 e.